The molecule has 10 heteroatoms. The van der Waals surface area contributed by atoms with Crippen molar-refractivity contribution in [2.45, 2.75) is 129 Å². The van der Waals surface area contributed by atoms with Crippen LogP contribution in [0, 0.1) is 37.0 Å². The van der Waals surface area contributed by atoms with E-state index in [-0.39, 0.29) is 29.5 Å². The molecule has 2 aliphatic carbocycles. The van der Waals surface area contributed by atoms with E-state index in [9.17, 15) is 13.2 Å². The first kappa shape index (κ1) is 34.3. The molecule has 1 amide bonds. The average Bonchev–Trinajstić information content (AvgIpc) is 2.98. The van der Waals surface area contributed by atoms with Crippen molar-refractivity contribution in [1.29, 1.82) is 0 Å². The summed E-state index contributed by atoms with van der Waals surface area (Å²) in [4.78, 5) is 16.7. The number of aryl methyl sites for hydroxylation is 2. The molecule has 5 aliphatic rings. The van der Waals surface area contributed by atoms with Crippen molar-refractivity contribution < 1.29 is 17.9 Å². The lowest BCUT2D eigenvalue weighted by atomic mass is 9.57. The van der Waals surface area contributed by atoms with Crippen LogP contribution in [0.5, 0.6) is 0 Å². The number of benzene rings is 1. The number of amides is 1. The van der Waals surface area contributed by atoms with E-state index in [1.165, 1.54) is 29.5 Å². The molecule has 0 radical (unpaired) electrons. The second kappa shape index (κ2) is 14.1. The molecular weight excluding hydrogens is 598 g/mol. The summed E-state index contributed by atoms with van der Waals surface area (Å²) in [6.45, 7) is 15.0. The fourth-order valence-corrected chi connectivity index (χ4v) is 11.3. The number of carbonyl (C=O) groups is 1. The summed E-state index contributed by atoms with van der Waals surface area (Å²) in [5, 5.41) is 6.71. The third-order valence-corrected chi connectivity index (χ3v) is 13.8. The van der Waals surface area contributed by atoms with Gasteiger partial charge < -0.3 is 9.64 Å². The molecule has 1 spiro atoms. The quantitative estimate of drug-likeness (QED) is 0.418. The van der Waals surface area contributed by atoms with Gasteiger partial charge in [0.2, 0.25) is 15.9 Å². The number of hydrogen-bond acceptors (Lipinski definition) is 7. The smallest absolute Gasteiger partial charge is 0.219 e. The predicted octanol–water partition coefficient (Wildman–Crippen LogP) is 4.80. The van der Waals surface area contributed by atoms with Gasteiger partial charge in [0.25, 0.3) is 0 Å². The maximum absolute atomic E-state index is 13.9. The number of rotatable bonds is 5. The zero-order valence-corrected chi connectivity index (χ0v) is 29.7. The Labute approximate surface area is 278 Å². The standard InChI is InChI=1S/C36H59N5O4S/c1-24(2)16-30-23-45-33-18-32(34-25(3)8-6-9-26(34)4)37-35(38-33)39-46(43,44)31-11-7-10-28(17-31)21-41(30)22-29-19-36(20-29)12-14-40(15-13-36)27(5)42/h6,8-9,24,28-33,35,37-39H,7,10-23H2,1-5H3/t28?,30-,31?,32?,33?,35?/m1/s1. The average molecular weight is 658 g/mol. The minimum atomic E-state index is -3.54. The largest absolute Gasteiger partial charge is 0.362 e. The Kier molecular flexibility index (Phi) is 10.5. The van der Waals surface area contributed by atoms with Crippen molar-refractivity contribution in [3.05, 3.63) is 34.9 Å². The Hall–Kier alpha value is -1.56. The SMILES string of the molecule is CC(=O)N1CCC2(CC1)CC(CN1CC3CCCC(C3)S(=O)(=O)NC3NC(CC(c4c(C)cccc4C)N3)OC[C@H]1CC(C)C)C2. The van der Waals surface area contributed by atoms with Gasteiger partial charge in [-0.3, -0.25) is 20.3 Å². The number of ether oxygens (including phenoxy) is 1. The first-order chi connectivity index (χ1) is 21.9. The molecule has 5 fully saturated rings. The summed E-state index contributed by atoms with van der Waals surface area (Å²) in [6, 6.07) is 6.63. The number of fused-ring (bicyclic) bond motifs is 4. The molecule has 3 heterocycles. The first-order valence-electron chi connectivity index (χ1n) is 18.1. The highest BCUT2D eigenvalue weighted by Gasteiger charge is 2.47. The van der Waals surface area contributed by atoms with E-state index in [0.717, 1.165) is 71.1 Å². The van der Waals surface area contributed by atoms with Gasteiger partial charge in [0, 0.05) is 51.6 Å². The summed E-state index contributed by atoms with van der Waals surface area (Å²) in [5.74, 6) is 1.75. The molecular formula is C36H59N5O4S. The molecule has 1 aromatic carbocycles. The van der Waals surface area contributed by atoms with E-state index < -0.39 is 16.3 Å². The normalized spacial score (nSPS) is 33.9. The highest BCUT2D eigenvalue weighted by Crippen LogP contribution is 2.53. The van der Waals surface area contributed by atoms with Gasteiger partial charge >= 0.3 is 0 Å². The molecule has 0 aromatic heterocycles. The molecule has 6 rings (SSSR count). The Bertz CT molecular complexity index is 1300. The van der Waals surface area contributed by atoms with E-state index in [4.69, 9.17) is 4.74 Å². The van der Waals surface area contributed by atoms with Gasteiger partial charge in [-0.1, -0.05) is 38.5 Å². The number of sulfonamides is 1. The van der Waals surface area contributed by atoms with Gasteiger partial charge in [0.05, 0.1) is 11.9 Å². The summed E-state index contributed by atoms with van der Waals surface area (Å²) >= 11 is 0. The zero-order valence-electron chi connectivity index (χ0n) is 28.9. The lowest BCUT2D eigenvalue weighted by Gasteiger charge is -2.54. The van der Waals surface area contributed by atoms with Gasteiger partial charge in [0.15, 0.2) is 0 Å². The zero-order chi connectivity index (χ0) is 32.6. The molecule has 4 bridgehead atoms. The lowest BCUT2D eigenvalue weighted by molar-refractivity contribution is -0.133. The second-order valence-corrected chi connectivity index (χ2v) is 18.0. The Morgan fingerprint density at radius 2 is 1.78 bits per heavy atom. The topological polar surface area (TPSA) is 103 Å². The van der Waals surface area contributed by atoms with Gasteiger partial charge in [-0.2, -0.15) is 4.72 Å². The van der Waals surface area contributed by atoms with Crippen LogP contribution in [-0.2, 0) is 19.6 Å². The number of hydrogen-bond donors (Lipinski definition) is 3. The molecule has 1 aromatic rings. The van der Waals surface area contributed by atoms with Crippen molar-refractivity contribution >= 4 is 15.9 Å². The van der Waals surface area contributed by atoms with Crippen LogP contribution >= 0.6 is 0 Å². The molecule has 5 unspecified atom stereocenters. The van der Waals surface area contributed by atoms with Crippen LogP contribution in [0.25, 0.3) is 0 Å². The summed E-state index contributed by atoms with van der Waals surface area (Å²) < 4.78 is 37.6. The van der Waals surface area contributed by atoms with Crippen molar-refractivity contribution in [1.82, 2.24) is 25.2 Å². The molecule has 46 heavy (non-hydrogen) atoms. The van der Waals surface area contributed by atoms with Gasteiger partial charge in [-0.05, 0) is 105 Å². The highest BCUT2D eigenvalue weighted by molar-refractivity contribution is 7.90. The molecule has 3 saturated heterocycles. The van der Waals surface area contributed by atoms with Gasteiger partial charge in [0.1, 0.15) is 12.5 Å². The van der Waals surface area contributed by atoms with Crippen LogP contribution in [0.3, 0.4) is 0 Å². The van der Waals surface area contributed by atoms with Crippen molar-refractivity contribution in [2.75, 3.05) is 32.8 Å². The molecule has 9 nitrogen and oxygen atoms in total. The monoisotopic (exact) mass is 657 g/mol. The van der Waals surface area contributed by atoms with E-state index in [0.29, 0.717) is 36.2 Å². The minimum Gasteiger partial charge on any atom is -0.362 e. The molecule has 6 atom stereocenters. The predicted molar refractivity (Wildman–Crippen MR) is 182 cm³/mol. The third-order valence-electron chi connectivity index (χ3n) is 12.0. The Morgan fingerprint density at radius 3 is 2.46 bits per heavy atom. The highest BCUT2D eigenvalue weighted by atomic mass is 32.2. The van der Waals surface area contributed by atoms with E-state index in [1.54, 1.807) is 6.92 Å². The number of piperidine rings is 1. The van der Waals surface area contributed by atoms with Crippen LogP contribution < -0.4 is 15.4 Å². The fraction of sp³-hybridized carbons (Fsp3) is 0.806. The molecule has 258 valence electrons. The van der Waals surface area contributed by atoms with E-state index in [1.807, 2.05) is 4.90 Å². The molecule has 3 N–H and O–H groups in total. The van der Waals surface area contributed by atoms with Crippen LogP contribution in [0.1, 0.15) is 108 Å². The molecule has 3 aliphatic heterocycles. The third kappa shape index (κ3) is 7.84. The Balaban J connectivity index is 1.23. The van der Waals surface area contributed by atoms with Crippen LogP contribution in [0.4, 0.5) is 0 Å². The Morgan fingerprint density at radius 1 is 1.07 bits per heavy atom. The first-order valence-corrected chi connectivity index (χ1v) is 19.6. The van der Waals surface area contributed by atoms with E-state index >= 15 is 0 Å². The number of carbonyl (C=O) groups excluding carboxylic acids is 1. The number of nitrogens with one attached hydrogen (secondary N) is 3. The second-order valence-electron chi connectivity index (χ2n) is 16.0. The van der Waals surface area contributed by atoms with Crippen LogP contribution in [0.15, 0.2) is 18.2 Å². The van der Waals surface area contributed by atoms with Crippen LogP contribution in [0.2, 0.25) is 0 Å². The van der Waals surface area contributed by atoms with Crippen LogP contribution in [-0.4, -0.2) is 80.7 Å². The lowest BCUT2D eigenvalue weighted by Crippen LogP contribution is -2.64. The summed E-state index contributed by atoms with van der Waals surface area (Å²) in [7, 11) is -3.54. The van der Waals surface area contributed by atoms with Crippen molar-refractivity contribution in [3.63, 3.8) is 0 Å². The number of nitrogens with zero attached hydrogens (tertiary/aromatic N) is 2. The van der Waals surface area contributed by atoms with E-state index in [2.05, 4.69) is 66.1 Å². The van der Waals surface area contributed by atoms with Gasteiger partial charge in [-0.25, -0.2) is 8.42 Å². The molecule has 2 saturated carbocycles. The summed E-state index contributed by atoms with van der Waals surface area (Å²) in [5.41, 5.74) is 4.05. The summed E-state index contributed by atoms with van der Waals surface area (Å²) in [6.07, 6.45) is 9.14. The number of likely N-dealkylation sites (tertiary alicyclic amines) is 1. The fourth-order valence-electron chi connectivity index (χ4n) is 9.63. The van der Waals surface area contributed by atoms with Crippen molar-refractivity contribution in [3.8, 4) is 0 Å². The van der Waals surface area contributed by atoms with Gasteiger partial charge in [-0.15, -0.1) is 0 Å². The minimum absolute atomic E-state index is 0.0235. The van der Waals surface area contributed by atoms with Crippen molar-refractivity contribution in [2.24, 2.45) is 23.2 Å². The maximum atomic E-state index is 13.9. The maximum Gasteiger partial charge on any atom is 0.219 e.